The first-order chi connectivity index (χ1) is 9.89. The third-order valence-electron chi connectivity index (χ3n) is 4.16. The highest BCUT2D eigenvalue weighted by Gasteiger charge is 2.57. The highest BCUT2D eigenvalue weighted by atomic mass is 16.8. The van der Waals surface area contributed by atoms with Gasteiger partial charge in [0, 0.05) is 11.8 Å². The van der Waals surface area contributed by atoms with Crippen molar-refractivity contribution in [2.75, 3.05) is 14.2 Å². The predicted molar refractivity (Wildman–Crippen MR) is 71.0 cm³/mol. The van der Waals surface area contributed by atoms with Crippen LogP contribution in [0.3, 0.4) is 0 Å². The summed E-state index contributed by atoms with van der Waals surface area (Å²) in [5.41, 5.74) is 0.638. The lowest BCUT2D eigenvalue weighted by Gasteiger charge is -2.40. The minimum atomic E-state index is -0.745. The molecule has 6 nitrogen and oxygen atoms in total. The Kier molecular flexibility index (Phi) is 3.18. The van der Waals surface area contributed by atoms with Crippen molar-refractivity contribution < 1.29 is 28.5 Å². The number of rotatable bonds is 2. The number of carbonyl (C=O) groups excluding carboxylic acids is 2. The second-order valence-electron chi connectivity index (χ2n) is 5.81. The van der Waals surface area contributed by atoms with Gasteiger partial charge in [0.05, 0.1) is 37.6 Å². The summed E-state index contributed by atoms with van der Waals surface area (Å²) in [5.74, 6) is -2.51. The standard InChI is InChI=1S/C15H18O6/c1-15(2)20-11-7-5-6-8(12(11)21-15)10(14(17)19-4)9(7)13(16)18-3/h5-8,11-12H,1-4H3. The van der Waals surface area contributed by atoms with E-state index in [-0.39, 0.29) is 24.0 Å². The van der Waals surface area contributed by atoms with Crippen LogP contribution in [0.15, 0.2) is 23.3 Å². The molecule has 21 heavy (non-hydrogen) atoms. The zero-order valence-electron chi connectivity index (χ0n) is 12.4. The number of hydrogen-bond acceptors (Lipinski definition) is 6. The average molecular weight is 294 g/mol. The molecule has 0 amide bonds. The molecule has 0 radical (unpaired) electrons. The lowest BCUT2D eigenvalue weighted by molar-refractivity contribution is -0.150. The van der Waals surface area contributed by atoms with E-state index < -0.39 is 17.7 Å². The zero-order chi connectivity index (χ0) is 15.4. The molecule has 0 aromatic carbocycles. The average Bonchev–Trinajstić information content (AvgIpc) is 2.81. The molecule has 2 bridgehead atoms. The maximum Gasteiger partial charge on any atom is 0.335 e. The molecule has 4 rings (SSSR count). The molecule has 0 N–H and O–H groups in total. The van der Waals surface area contributed by atoms with Crippen LogP contribution in [0.4, 0.5) is 0 Å². The minimum Gasteiger partial charge on any atom is -0.466 e. The van der Waals surface area contributed by atoms with Crippen LogP contribution in [0.1, 0.15) is 13.8 Å². The number of ether oxygens (including phenoxy) is 4. The van der Waals surface area contributed by atoms with Gasteiger partial charge in [0.1, 0.15) is 0 Å². The summed E-state index contributed by atoms with van der Waals surface area (Å²) in [4.78, 5) is 24.2. The van der Waals surface area contributed by atoms with E-state index in [0.717, 1.165) is 0 Å². The molecule has 4 atom stereocenters. The Bertz CT molecular complexity index is 513. The Hall–Kier alpha value is -1.66. The summed E-state index contributed by atoms with van der Waals surface area (Å²) in [6.45, 7) is 3.64. The molecule has 3 aliphatic carbocycles. The quantitative estimate of drug-likeness (QED) is 0.558. The fourth-order valence-electron chi connectivity index (χ4n) is 3.42. The molecule has 0 aromatic rings. The van der Waals surface area contributed by atoms with Gasteiger partial charge < -0.3 is 18.9 Å². The second-order valence-corrected chi connectivity index (χ2v) is 5.81. The first-order valence-electron chi connectivity index (χ1n) is 6.84. The van der Waals surface area contributed by atoms with E-state index in [2.05, 4.69) is 0 Å². The Morgan fingerprint density at radius 1 is 0.952 bits per heavy atom. The van der Waals surface area contributed by atoms with Crippen LogP contribution in [-0.2, 0) is 28.5 Å². The minimum absolute atomic E-state index is 0.294. The number of methoxy groups -OCH3 is 2. The zero-order valence-corrected chi connectivity index (χ0v) is 12.4. The first-order valence-corrected chi connectivity index (χ1v) is 6.84. The summed E-state index contributed by atoms with van der Waals surface area (Å²) < 4.78 is 21.5. The van der Waals surface area contributed by atoms with Gasteiger partial charge in [-0.3, -0.25) is 0 Å². The fraction of sp³-hybridized carbons (Fsp3) is 0.600. The molecule has 4 aliphatic rings. The van der Waals surface area contributed by atoms with Gasteiger partial charge >= 0.3 is 11.9 Å². The van der Waals surface area contributed by atoms with E-state index in [1.54, 1.807) is 0 Å². The van der Waals surface area contributed by atoms with Crippen molar-refractivity contribution in [3.05, 3.63) is 23.3 Å². The van der Waals surface area contributed by atoms with Crippen molar-refractivity contribution in [3.8, 4) is 0 Å². The summed E-state index contributed by atoms with van der Waals surface area (Å²) >= 11 is 0. The number of hydrogen-bond donors (Lipinski definition) is 0. The van der Waals surface area contributed by atoms with Gasteiger partial charge in [-0.25, -0.2) is 9.59 Å². The van der Waals surface area contributed by atoms with Crippen molar-refractivity contribution in [3.63, 3.8) is 0 Å². The largest absolute Gasteiger partial charge is 0.466 e. The number of esters is 2. The summed E-state index contributed by atoms with van der Waals surface area (Å²) in [5, 5.41) is 0. The highest BCUT2D eigenvalue weighted by molar-refractivity contribution is 6.02. The fourth-order valence-corrected chi connectivity index (χ4v) is 3.42. The van der Waals surface area contributed by atoms with E-state index in [1.165, 1.54) is 14.2 Å². The molecule has 1 saturated heterocycles. The monoisotopic (exact) mass is 294 g/mol. The predicted octanol–water partition coefficient (Wildman–Crippen LogP) is 0.965. The summed E-state index contributed by atoms with van der Waals surface area (Å²) in [6, 6.07) is 0. The lowest BCUT2D eigenvalue weighted by Crippen LogP contribution is -2.48. The van der Waals surface area contributed by atoms with Crippen LogP contribution < -0.4 is 0 Å². The molecule has 6 heteroatoms. The van der Waals surface area contributed by atoms with E-state index in [4.69, 9.17) is 18.9 Å². The van der Waals surface area contributed by atoms with Crippen molar-refractivity contribution in [2.24, 2.45) is 11.8 Å². The van der Waals surface area contributed by atoms with Crippen LogP contribution >= 0.6 is 0 Å². The molecule has 4 unspecified atom stereocenters. The Morgan fingerprint density at radius 3 is 1.67 bits per heavy atom. The highest BCUT2D eigenvalue weighted by Crippen LogP contribution is 2.50. The van der Waals surface area contributed by atoms with E-state index in [9.17, 15) is 9.59 Å². The van der Waals surface area contributed by atoms with Crippen LogP contribution in [0.5, 0.6) is 0 Å². The third-order valence-corrected chi connectivity index (χ3v) is 4.16. The van der Waals surface area contributed by atoms with E-state index in [0.29, 0.717) is 11.1 Å². The van der Waals surface area contributed by atoms with Gasteiger partial charge in [0.25, 0.3) is 0 Å². The van der Waals surface area contributed by atoms with Crippen LogP contribution in [-0.4, -0.2) is 44.2 Å². The maximum atomic E-state index is 12.1. The molecule has 1 aliphatic heterocycles. The topological polar surface area (TPSA) is 71.1 Å². The van der Waals surface area contributed by atoms with Gasteiger partial charge in [0.15, 0.2) is 5.79 Å². The van der Waals surface area contributed by atoms with Gasteiger partial charge in [-0.2, -0.15) is 0 Å². The molecule has 0 aromatic heterocycles. The molecular formula is C15H18O6. The van der Waals surface area contributed by atoms with Crippen molar-refractivity contribution in [2.45, 2.75) is 31.8 Å². The van der Waals surface area contributed by atoms with Gasteiger partial charge in [0.2, 0.25) is 0 Å². The Morgan fingerprint density at radius 2 is 1.33 bits per heavy atom. The van der Waals surface area contributed by atoms with Crippen LogP contribution in [0.2, 0.25) is 0 Å². The van der Waals surface area contributed by atoms with Gasteiger partial charge in [-0.1, -0.05) is 12.2 Å². The first kappa shape index (κ1) is 14.3. The van der Waals surface area contributed by atoms with Crippen molar-refractivity contribution >= 4 is 11.9 Å². The molecule has 1 fully saturated rings. The van der Waals surface area contributed by atoms with E-state index in [1.807, 2.05) is 26.0 Å². The third kappa shape index (κ3) is 2.01. The van der Waals surface area contributed by atoms with Crippen LogP contribution in [0.25, 0.3) is 0 Å². The molecule has 0 saturated carbocycles. The van der Waals surface area contributed by atoms with Gasteiger partial charge in [-0.05, 0) is 13.8 Å². The summed E-state index contributed by atoms with van der Waals surface area (Å²) in [7, 11) is 2.59. The maximum absolute atomic E-state index is 12.1. The molecular weight excluding hydrogens is 276 g/mol. The van der Waals surface area contributed by atoms with Crippen LogP contribution in [0, 0.1) is 11.8 Å². The SMILES string of the molecule is COC(=O)C1=C(C(=O)OC)C2C=CC1C1OC(C)(C)OC21. The van der Waals surface area contributed by atoms with Gasteiger partial charge in [-0.15, -0.1) is 0 Å². The number of carbonyl (C=O) groups is 2. The molecule has 0 spiro atoms. The Balaban J connectivity index is 2.09. The second kappa shape index (κ2) is 4.68. The van der Waals surface area contributed by atoms with Crippen molar-refractivity contribution in [1.82, 2.24) is 0 Å². The normalized spacial score (nSPS) is 35.6. The van der Waals surface area contributed by atoms with E-state index >= 15 is 0 Å². The van der Waals surface area contributed by atoms with Crippen molar-refractivity contribution in [1.29, 1.82) is 0 Å². The lowest BCUT2D eigenvalue weighted by atomic mass is 9.68. The smallest absolute Gasteiger partial charge is 0.335 e. The summed E-state index contributed by atoms with van der Waals surface area (Å²) in [6.07, 6.45) is 3.18. The molecule has 114 valence electrons. The Labute approximate surface area is 122 Å². The molecule has 1 heterocycles.